The van der Waals surface area contributed by atoms with E-state index < -0.39 is 5.60 Å². The van der Waals surface area contributed by atoms with Crippen molar-refractivity contribution in [3.63, 3.8) is 0 Å². The molecule has 2 amide bonds. The molecule has 0 aromatic carbocycles. The van der Waals surface area contributed by atoms with Crippen LogP contribution in [-0.2, 0) is 4.79 Å². The molecule has 7 nitrogen and oxygen atoms in total. The van der Waals surface area contributed by atoms with E-state index in [9.17, 15) is 14.7 Å². The molecule has 4 rings (SSSR count). The number of rotatable bonds is 5. The van der Waals surface area contributed by atoms with E-state index in [-0.39, 0.29) is 30.3 Å². The van der Waals surface area contributed by atoms with Crippen molar-refractivity contribution >= 4 is 11.8 Å². The Kier molecular flexibility index (Phi) is 6.89. The summed E-state index contributed by atoms with van der Waals surface area (Å²) in [7, 11) is 0. The van der Waals surface area contributed by atoms with Crippen LogP contribution in [-0.4, -0.2) is 50.0 Å². The summed E-state index contributed by atoms with van der Waals surface area (Å²) in [5.74, 6) is 0.448. The highest BCUT2D eigenvalue weighted by Crippen LogP contribution is 2.37. The lowest BCUT2D eigenvalue weighted by molar-refractivity contribution is -0.138. The Bertz CT molecular complexity index is 800. The van der Waals surface area contributed by atoms with Crippen molar-refractivity contribution in [2.24, 2.45) is 0 Å². The van der Waals surface area contributed by atoms with E-state index in [0.29, 0.717) is 36.5 Å². The summed E-state index contributed by atoms with van der Waals surface area (Å²) in [6.07, 6.45) is 13.5. The van der Waals surface area contributed by atoms with Gasteiger partial charge < -0.3 is 15.3 Å². The fourth-order valence-electron chi connectivity index (χ4n) is 5.55. The summed E-state index contributed by atoms with van der Waals surface area (Å²) in [5.41, 5.74) is 0.255. The van der Waals surface area contributed by atoms with Crippen molar-refractivity contribution in [2.75, 3.05) is 6.54 Å². The molecular weight excluding hydrogens is 392 g/mol. The van der Waals surface area contributed by atoms with Gasteiger partial charge in [-0.1, -0.05) is 38.5 Å². The zero-order valence-electron chi connectivity index (χ0n) is 18.7. The van der Waals surface area contributed by atoms with Gasteiger partial charge in [-0.05, 0) is 45.4 Å². The monoisotopic (exact) mass is 428 g/mol. The maximum absolute atomic E-state index is 13.2. The van der Waals surface area contributed by atoms with E-state index in [1.807, 2.05) is 11.8 Å². The van der Waals surface area contributed by atoms with E-state index in [1.165, 1.54) is 6.42 Å². The zero-order valence-corrected chi connectivity index (χ0v) is 18.7. The third-order valence-electron chi connectivity index (χ3n) is 7.28. The zero-order chi connectivity index (χ0) is 21.8. The normalized spacial score (nSPS) is 24.2. The third kappa shape index (κ3) is 5.25. The second-order valence-corrected chi connectivity index (χ2v) is 9.73. The quantitative estimate of drug-likeness (QED) is 0.747. The lowest BCUT2D eigenvalue weighted by Gasteiger charge is -2.34. The molecule has 2 saturated carbocycles. The predicted molar refractivity (Wildman–Crippen MR) is 117 cm³/mol. The molecule has 0 radical (unpaired) electrons. The Labute approximate surface area is 185 Å². The highest BCUT2D eigenvalue weighted by molar-refractivity contribution is 5.95. The molecular formula is C24H36N4O3. The summed E-state index contributed by atoms with van der Waals surface area (Å²) < 4.78 is 0. The molecule has 3 aliphatic rings. The van der Waals surface area contributed by atoms with Gasteiger partial charge in [0.1, 0.15) is 5.82 Å². The number of likely N-dealkylation sites (tertiary alicyclic amines) is 1. The van der Waals surface area contributed by atoms with Crippen LogP contribution in [0.5, 0.6) is 0 Å². The van der Waals surface area contributed by atoms with Crippen molar-refractivity contribution in [3.8, 4) is 0 Å². The van der Waals surface area contributed by atoms with Gasteiger partial charge in [-0.3, -0.25) is 9.59 Å². The number of aryl methyl sites for hydroxylation is 1. The average Bonchev–Trinajstić information content (AvgIpc) is 3.24. The van der Waals surface area contributed by atoms with Crippen LogP contribution in [0.2, 0.25) is 0 Å². The minimum atomic E-state index is -0.884. The maximum Gasteiger partial charge on any atom is 0.255 e. The number of aliphatic hydroxyl groups is 1. The van der Waals surface area contributed by atoms with E-state index in [2.05, 4.69) is 15.3 Å². The fourth-order valence-corrected chi connectivity index (χ4v) is 5.55. The molecule has 1 saturated heterocycles. The molecule has 1 aromatic heterocycles. The summed E-state index contributed by atoms with van der Waals surface area (Å²) in [5, 5.41) is 14.1. The van der Waals surface area contributed by atoms with Gasteiger partial charge in [-0.15, -0.1) is 0 Å². The number of hydrogen-bond acceptors (Lipinski definition) is 5. The van der Waals surface area contributed by atoms with E-state index >= 15 is 0 Å². The smallest absolute Gasteiger partial charge is 0.255 e. The van der Waals surface area contributed by atoms with Crippen LogP contribution in [0.1, 0.15) is 111 Å². The first-order valence-corrected chi connectivity index (χ1v) is 12.1. The Morgan fingerprint density at radius 2 is 1.81 bits per heavy atom. The first-order chi connectivity index (χ1) is 15.0. The Morgan fingerprint density at radius 3 is 2.55 bits per heavy atom. The molecule has 170 valence electrons. The van der Waals surface area contributed by atoms with Gasteiger partial charge in [0.05, 0.1) is 29.3 Å². The van der Waals surface area contributed by atoms with E-state index in [0.717, 1.165) is 57.8 Å². The van der Waals surface area contributed by atoms with Crippen molar-refractivity contribution in [2.45, 2.75) is 108 Å². The Morgan fingerprint density at radius 1 is 1.10 bits per heavy atom. The maximum atomic E-state index is 13.2. The van der Waals surface area contributed by atoms with Crippen molar-refractivity contribution < 1.29 is 14.7 Å². The predicted octanol–water partition coefficient (Wildman–Crippen LogP) is 3.60. The molecule has 3 fully saturated rings. The standard InChI is InChI=1S/C24H36N4O3/c1-17-25-16-19(23(30)27-18-9-4-2-5-10-18)22(26-17)20-11-8-14-28(20)21(29)15-24(31)12-6-3-7-13-24/h16,18,20,31H,2-15H2,1H3,(H,27,30)/t20-/m1/s1. The minimum Gasteiger partial charge on any atom is -0.389 e. The Hall–Kier alpha value is -2.02. The highest BCUT2D eigenvalue weighted by atomic mass is 16.3. The van der Waals surface area contributed by atoms with Crippen LogP contribution in [0, 0.1) is 6.92 Å². The van der Waals surface area contributed by atoms with E-state index in [1.54, 1.807) is 6.20 Å². The number of hydrogen-bond donors (Lipinski definition) is 2. The van der Waals surface area contributed by atoms with Crippen molar-refractivity contribution in [1.29, 1.82) is 0 Å². The lowest BCUT2D eigenvalue weighted by Crippen LogP contribution is -2.41. The van der Waals surface area contributed by atoms with Crippen LogP contribution in [0.15, 0.2) is 6.20 Å². The van der Waals surface area contributed by atoms with Gasteiger partial charge in [0.2, 0.25) is 5.91 Å². The third-order valence-corrected chi connectivity index (χ3v) is 7.28. The first kappa shape index (κ1) is 22.2. The molecule has 2 aliphatic carbocycles. The molecule has 1 aromatic rings. The van der Waals surface area contributed by atoms with Crippen LogP contribution >= 0.6 is 0 Å². The SMILES string of the molecule is Cc1ncc(C(=O)NC2CCCCC2)c([C@H]2CCCN2C(=O)CC2(O)CCCCC2)n1. The van der Waals surface area contributed by atoms with Gasteiger partial charge in [-0.25, -0.2) is 9.97 Å². The topological polar surface area (TPSA) is 95.4 Å². The lowest BCUT2D eigenvalue weighted by atomic mass is 9.82. The van der Waals surface area contributed by atoms with Crippen LogP contribution < -0.4 is 5.32 Å². The Balaban J connectivity index is 1.52. The van der Waals surface area contributed by atoms with Gasteiger partial charge >= 0.3 is 0 Å². The molecule has 2 heterocycles. The highest BCUT2D eigenvalue weighted by Gasteiger charge is 2.39. The number of nitrogens with zero attached hydrogens (tertiary/aromatic N) is 3. The average molecular weight is 429 g/mol. The summed E-state index contributed by atoms with van der Waals surface area (Å²) in [6, 6.07) is -0.0224. The molecule has 1 atom stereocenters. The molecule has 1 aliphatic heterocycles. The van der Waals surface area contributed by atoms with Crippen molar-refractivity contribution in [1.82, 2.24) is 20.2 Å². The number of carbonyl (C=O) groups excluding carboxylic acids is 2. The van der Waals surface area contributed by atoms with Crippen LogP contribution in [0.3, 0.4) is 0 Å². The molecule has 0 spiro atoms. The molecule has 0 bridgehead atoms. The largest absolute Gasteiger partial charge is 0.389 e. The molecule has 31 heavy (non-hydrogen) atoms. The van der Waals surface area contributed by atoms with Crippen LogP contribution in [0.25, 0.3) is 0 Å². The van der Waals surface area contributed by atoms with Crippen molar-refractivity contribution in [3.05, 3.63) is 23.3 Å². The second-order valence-electron chi connectivity index (χ2n) is 9.73. The van der Waals surface area contributed by atoms with E-state index in [4.69, 9.17) is 0 Å². The van der Waals surface area contributed by atoms with Gasteiger partial charge in [0.25, 0.3) is 5.91 Å². The van der Waals surface area contributed by atoms with Gasteiger partial charge in [-0.2, -0.15) is 0 Å². The first-order valence-electron chi connectivity index (χ1n) is 12.1. The number of aromatic nitrogens is 2. The van der Waals surface area contributed by atoms with Gasteiger partial charge in [0, 0.05) is 18.8 Å². The molecule has 2 N–H and O–H groups in total. The minimum absolute atomic E-state index is 0.0261. The summed E-state index contributed by atoms with van der Waals surface area (Å²) >= 11 is 0. The fraction of sp³-hybridized carbons (Fsp3) is 0.750. The number of amides is 2. The molecule has 0 unspecified atom stereocenters. The molecule has 7 heteroatoms. The number of nitrogens with one attached hydrogen (secondary N) is 1. The van der Waals surface area contributed by atoms with Gasteiger partial charge in [0.15, 0.2) is 0 Å². The summed E-state index contributed by atoms with van der Waals surface area (Å²) in [4.78, 5) is 37.1. The second kappa shape index (κ2) is 9.63. The summed E-state index contributed by atoms with van der Waals surface area (Å²) in [6.45, 7) is 2.46. The van der Waals surface area contributed by atoms with Crippen LogP contribution in [0.4, 0.5) is 0 Å². The number of carbonyl (C=O) groups is 2.